The molecular weight excluding hydrogens is 306 g/mol. The van der Waals surface area contributed by atoms with Gasteiger partial charge < -0.3 is 14.9 Å². The lowest BCUT2D eigenvalue weighted by Gasteiger charge is -2.23. The van der Waals surface area contributed by atoms with E-state index in [1.54, 1.807) is 4.90 Å². The van der Waals surface area contributed by atoms with E-state index in [4.69, 9.17) is 14.9 Å². The lowest BCUT2D eigenvalue weighted by molar-refractivity contribution is 0.0231. The number of oxazole rings is 1. The summed E-state index contributed by atoms with van der Waals surface area (Å²) in [6.45, 7) is 6.30. The molecule has 1 aromatic heterocycles. The Hall–Kier alpha value is -2.34. The second-order valence-electron chi connectivity index (χ2n) is 7.05. The number of hydrogen-bond donors (Lipinski definition) is 1. The van der Waals surface area contributed by atoms with Crippen LogP contribution >= 0.6 is 0 Å². The summed E-state index contributed by atoms with van der Waals surface area (Å²) in [4.78, 5) is 18.2. The molecule has 1 amide bonds. The van der Waals surface area contributed by atoms with Crippen LogP contribution in [0.5, 0.6) is 0 Å². The molecule has 0 bridgehead atoms. The molecule has 2 N–H and O–H groups in total. The van der Waals surface area contributed by atoms with Gasteiger partial charge in [0, 0.05) is 0 Å². The van der Waals surface area contributed by atoms with E-state index in [0.717, 1.165) is 11.3 Å². The molecule has 1 aromatic carbocycles. The molecule has 1 unspecified atom stereocenters. The van der Waals surface area contributed by atoms with Gasteiger partial charge in [-0.1, -0.05) is 30.3 Å². The van der Waals surface area contributed by atoms with Gasteiger partial charge in [-0.05, 0) is 32.8 Å². The van der Waals surface area contributed by atoms with Gasteiger partial charge >= 0.3 is 6.09 Å². The maximum Gasteiger partial charge on any atom is 0.411 e. The molecule has 0 radical (unpaired) electrons. The summed E-state index contributed by atoms with van der Waals surface area (Å²) >= 11 is 0. The summed E-state index contributed by atoms with van der Waals surface area (Å²) in [6.07, 6.45) is 0.307. The Bertz CT molecular complexity index is 695. The van der Waals surface area contributed by atoms with Gasteiger partial charge in [-0.3, -0.25) is 4.90 Å². The van der Waals surface area contributed by atoms with Crippen molar-refractivity contribution in [3.05, 3.63) is 53.2 Å². The van der Waals surface area contributed by atoms with E-state index in [2.05, 4.69) is 4.98 Å². The highest BCUT2D eigenvalue weighted by Crippen LogP contribution is 2.27. The van der Waals surface area contributed by atoms with Gasteiger partial charge in [0.05, 0.1) is 19.1 Å². The molecule has 128 valence electrons. The lowest BCUT2D eigenvalue weighted by atomic mass is 10.1. The highest BCUT2D eigenvalue weighted by atomic mass is 16.6. The average molecular weight is 329 g/mol. The number of amides is 1. The van der Waals surface area contributed by atoms with Crippen LogP contribution in [0.25, 0.3) is 0 Å². The molecule has 24 heavy (non-hydrogen) atoms. The number of ether oxygens (including phenoxy) is 1. The van der Waals surface area contributed by atoms with Crippen molar-refractivity contribution in [3.8, 4) is 0 Å². The molecule has 2 aromatic rings. The number of benzene rings is 1. The molecular formula is C18H23N3O3. The van der Waals surface area contributed by atoms with Gasteiger partial charge in [-0.2, -0.15) is 0 Å². The van der Waals surface area contributed by atoms with E-state index >= 15 is 0 Å². The van der Waals surface area contributed by atoms with Crippen molar-refractivity contribution in [2.75, 3.05) is 0 Å². The smallest absolute Gasteiger partial charge is 0.411 e. The lowest BCUT2D eigenvalue weighted by Crippen LogP contribution is -2.33. The molecule has 1 aliphatic rings. The Morgan fingerprint density at radius 1 is 1.33 bits per heavy atom. The summed E-state index contributed by atoms with van der Waals surface area (Å²) < 4.78 is 11.2. The predicted molar refractivity (Wildman–Crippen MR) is 89.1 cm³/mol. The van der Waals surface area contributed by atoms with E-state index < -0.39 is 5.60 Å². The molecule has 0 spiro atoms. The van der Waals surface area contributed by atoms with E-state index in [9.17, 15) is 4.79 Å². The molecule has 2 heterocycles. The molecule has 6 nitrogen and oxygen atoms in total. The Morgan fingerprint density at radius 3 is 2.67 bits per heavy atom. The summed E-state index contributed by atoms with van der Waals surface area (Å²) in [5.41, 5.74) is 7.59. The SMILES string of the molecule is CC(C)(C)OC(=O)N1Cc2nc(C(N)Cc3ccccc3)oc2C1. The number of hydrogen-bond acceptors (Lipinski definition) is 5. The molecule has 0 fully saturated rings. The molecule has 0 aliphatic carbocycles. The van der Waals surface area contributed by atoms with Crippen LogP contribution in [0.15, 0.2) is 34.7 Å². The van der Waals surface area contributed by atoms with E-state index in [1.807, 2.05) is 51.1 Å². The summed E-state index contributed by atoms with van der Waals surface area (Å²) in [5, 5.41) is 0. The molecule has 3 rings (SSSR count). The summed E-state index contributed by atoms with van der Waals surface area (Å²) in [7, 11) is 0. The Labute approximate surface area is 141 Å². The topological polar surface area (TPSA) is 81.6 Å². The maximum absolute atomic E-state index is 12.1. The minimum atomic E-state index is -0.516. The van der Waals surface area contributed by atoms with Crippen molar-refractivity contribution in [1.82, 2.24) is 9.88 Å². The average Bonchev–Trinajstić information content (AvgIpc) is 3.05. The second kappa shape index (κ2) is 6.28. The van der Waals surface area contributed by atoms with Crippen molar-refractivity contribution < 1.29 is 13.9 Å². The van der Waals surface area contributed by atoms with Crippen LogP contribution in [0.3, 0.4) is 0 Å². The van der Waals surface area contributed by atoms with Crippen LogP contribution in [0, 0.1) is 0 Å². The summed E-state index contributed by atoms with van der Waals surface area (Å²) in [5.74, 6) is 1.21. The summed E-state index contributed by atoms with van der Waals surface area (Å²) in [6, 6.07) is 9.70. The van der Waals surface area contributed by atoms with Gasteiger partial charge in [0.1, 0.15) is 17.1 Å². The van der Waals surface area contributed by atoms with Crippen molar-refractivity contribution in [2.45, 2.75) is 51.9 Å². The largest absolute Gasteiger partial charge is 0.444 e. The van der Waals surface area contributed by atoms with Crippen molar-refractivity contribution >= 4 is 6.09 Å². The standard InChI is InChI=1S/C18H23N3O3/c1-18(2,3)24-17(22)21-10-14-15(11-21)23-16(20-14)13(19)9-12-7-5-4-6-8-12/h4-8,13H,9-11,19H2,1-3H3. The monoisotopic (exact) mass is 329 g/mol. The Morgan fingerprint density at radius 2 is 2.04 bits per heavy atom. The zero-order valence-corrected chi connectivity index (χ0v) is 14.3. The van der Waals surface area contributed by atoms with E-state index in [1.165, 1.54) is 0 Å². The Balaban J connectivity index is 1.63. The molecule has 0 saturated heterocycles. The fraction of sp³-hybridized carbons (Fsp3) is 0.444. The quantitative estimate of drug-likeness (QED) is 0.935. The molecule has 0 saturated carbocycles. The zero-order valence-electron chi connectivity index (χ0n) is 14.3. The van der Waals surface area contributed by atoms with Crippen molar-refractivity contribution in [3.63, 3.8) is 0 Å². The highest BCUT2D eigenvalue weighted by molar-refractivity contribution is 5.68. The van der Waals surface area contributed by atoms with Crippen molar-refractivity contribution in [2.24, 2.45) is 5.73 Å². The third-order valence-corrected chi connectivity index (χ3v) is 3.74. The normalized spacial score (nSPS) is 15.2. The minimum absolute atomic E-state index is 0.298. The number of carbonyl (C=O) groups is 1. The van der Waals surface area contributed by atoms with Crippen LogP contribution in [0.4, 0.5) is 4.79 Å². The molecule has 1 aliphatic heterocycles. The number of carbonyl (C=O) groups excluding carboxylic acids is 1. The van der Waals surface area contributed by atoms with Crippen LogP contribution in [0.1, 0.15) is 49.7 Å². The third kappa shape index (κ3) is 3.76. The van der Waals surface area contributed by atoms with Gasteiger partial charge in [0.25, 0.3) is 0 Å². The maximum atomic E-state index is 12.1. The fourth-order valence-electron chi connectivity index (χ4n) is 2.63. The highest BCUT2D eigenvalue weighted by Gasteiger charge is 2.32. The third-order valence-electron chi connectivity index (χ3n) is 3.74. The first kappa shape index (κ1) is 16.5. The predicted octanol–water partition coefficient (Wildman–Crippen LogP) is 3.17. The minimum Gasteiger partial charge on any atom is -0.444 e. The Kier molecular flexibility index (Phi) is 4.32. The van der Waals surface area contributed by atoms with Crippen LogP contribution in [-0.4, -0.2) is 21.6 Å². The van der Waals surface area contributed by atoms with Gasteiger partial charge in [-0.25, -0.2) is 9.78 Å². The molecule has 6 heteroatoms. The number of nitrogens with zero attached hydrogens (tertiary/aromatic N) is 2. The fourth-order valence-corrected chi connectivity index (χ4v) is 2.63. The first-order valence-electron chi connectivity index (χ1n) is 8.08. The van der Waals surface area contributed by atoms with Crippen LogP contribution in [-0.2, 0) is 24.2 Å². The van der Waals surface area contributed by atoms with Gasteiger partial charge in [-0.15, -0.1) is 0 Å². The first-order valence-corrected chi connectivity index (χ1v) is 8.08. The number of aromatic nitrogens is 1. The first-order chi connectivity index (χ1) is 11.3. The number of fused-ring (bicyclic) bond motifs is 1. The van der Waals surface area contributed by atoms with Crippen LogP contribution in [0.2, 0.25) is 0 Å². The number of rotatable bonds is 3. The zero-order chi connectivity index (χ0) is 17.3. The second-order valence-corrected chi connectivity index (χ2v) is 7.05. The number of nitrogens with two attached hydrogens (primary N) is 1. The van der Waals surface area contributed by atoms with Gasteiger partial charge in [0.2, 0.25) is 5.89 Å². The van der Waals surface area contributed by atoms with Gasteiger partial charge in [0.15, 0.2) is 0 Å². The van der Waals surface area contributed by atoms with Crippen LogP contribution < -0.4 is 5.73 Å². The van der Waals surface area contributed by atoms with E-state index in [-0.39, 0.29) is 12.1 Å². The van der Waals surface area contributed by atoms with E-state index in [0.29, 0.717) is 31.2 Å². The molecule has 1 atom stereocenters. The van der Waals surface area contributed by atoms with Crippen molar-refractivity contribution in [1.29, 1.82) is 0 Å².